The second kappa shape index (κ2) is 19.6. The number of nitrogens with zero attached hydrogens (tertiary/aromatic N) is 1. The standard InChI is InChI=1S/C25H51NO3P2/c1-6-8-10-12-14-16-18-20-22(27)30-24(26(3,4)5)25(29)31-23(28)21-19-17-15-13-11-9-7-2/h24-25,29,31H,6-21H2,1-5H3. The van der Waals surface area contributed by atoms with Crippen LogP contribution in [0.25, 0.3) is 0 Å². The van der Waals surface area contributed by atoms with Crippen molar-refractivity contribution in [2.75, 3.05) is 21.1 Å². The van der Waals surface area contributed by atoms with E-state index in [1.807, 2.05) is 21.1 Å². The molecule has 0 aromatic rings. The van der Waals surface area contributed by atoms with Crippen molar-refractivity contribution in [1.29, 1.82) is 0 Å². The molecule has 0 fully saturated rings. The summed E-state index contributed by atoms with van der Waals surface area (Å²) in [4.78, 5) is 12.4. The van der Waals surface area contributed by atoms with Gasteiger partial charge in [0.2, 0.25) is 0 Å². The van der Waals surface area contributed by atoms with Gasteiger partial charge in [-0.15, -0.1) is 5.48 Å². The maximum absolute atomic E-state index is 12.5. The molecule has 3 atom stereocenters. The summed E-state index contributed by atoms with van der Waals surface area (Å²) in [7, 11) is 6.58. The molecule has 0 aromatic carbocycles. The molecule has 0 heterocycles. The summed E-state index contributed by atoms with van der Waals surface area (Å²) >= 11 is 0. The van der Waals surface area contributed by atoms with Crippen molar-refractivity contribution in [2.45, 2.75) is 128 Å². The lowest BCUT2D eigenvalue weighted by atomic mass is 10.1. The number of carbonyl (C=O) groups excluding carboxylic acids is 1. The number of likely N-dealkylation sites (N-methyl/N-ethyl adjacent to an activating group) is 1. The highest BCUT2D eigenvalue weighted by atomic mass is 31.1. The Morgan fingerprint density at radius 2 is 1.23 bits per heavy atom. The Bertz CT molecular complexity index is 478. The zero-order chi connectivity index (χ0) is 23.5. The Balaban J connectivity index is 4.36. The third-order valence-corrected chi connectivity index (χ3v) is 8.88. The van der Waals surface area contributed by atoms with Crippen molar-refractivity contribution < 1.29 is 19.5 Å². The van der Waals surface area contributed by atoms with Gasteiger partial charge < -0.3 is 14.7 Å². The number of unbranched alkanes of at least 4 members (excludes halogenated alkanes) is 12. The first-order valence-electron chi connectivity index (χ1n) is 12.7. The molecule has 0 radical (unpaired) electrons. The Labute approximate surface area is 196 Å². The van der Waals surface area contributed by atoms with Crippen LogP contribution in [0.1, 0.15) is 117 Å². The Morgan fingerprint density at radius 1 is 0.806 bits per heavy atom. The zero-order valence-electron chi connectivity index (χ0n) is 21.1. The normalized spacial score (nSPS) is 15.0. The van der Waals surface area contributed by atoms with Crippen LogP contribution in [0.3, 0.4) is 0 Å². The van der Waals surface area contributed by atoms with E-state index in [1.54, 1.807) is 0 Å². The number of hydrogen-bond acceptors (Lipinski definition) is 3. The number of hydrogen-bond donors (Lipinski definition) is 1. The first-order chi connectivity index (χ1) is 14.7. The molecule has 0 aromatic heterocycles. The van der Waals surface area contributed by atoms with E-state index in [1.165, 1.54) is 64.2 Å². The third-order valence-electron chi connectivity index (χ3n) is 5.66. The van der Waals surface area contributed by atoms with Gasteiger partial charge in [-0.2, -0.15) is 0 Å². The van der Waals surface area contributed by atoms with Crippen LogP contribution in [0.15, 0.2) is 0 Å². The topological polar surface area (TPSA) is 60.4 Å². The predicted molar refractivity (Wildman–Crippen MR) is 138 cm³/mol. The first kappa shape index (κ1) is 31.1. The fourth-order valence-corrected chi connectivity index (χ4v) is 6.43. The van der Waals surface area contributed by atoms with Gasteiger partial charge in [0.15, 0.2) is 11.3 Å². The maximum atomic E-state index is 12.5. The second-order valence-corrected chi connectivity index (χ2v) is 12.5. The summed E-state index contributed by atoms with van der Waals surface area (Å²) in [6.07, 6.45) is 17.9. The highest BCUT2D eigenvalue weighted by Gasteiger charge is 2.31. The number of aliphatic hydroxyl groups excluding tert-OH is 1. The smallest absolute Gasteiger partial charge is 0.158 e. The Morgan fingerprint density at radius 3 is 1.68 bits per heavy atom. The van der Waals surface area contributed by atoms with Crippen LogP contribution in [0, 0.1) is 0 Å². The maximum Gasteiger partial charge on any atom is 0.158 e. The Hall–Kier alpha value is 0.150. The molecule has 31 heavy (non-hydrogen) atoms. The molecule has 3 unspecified atom stereocenters. The molecule has 1 N–H and O–H groups in total. The molecule has 0 spiro atoms. The number of carbonyl (C=O) groups is 1. The van der Waals surface area contributed by atoms with Crippen LogP contribution in [0.5, 0.6) is 0 Å². The lowest BCUT2D eigenvalue weighted by molar-refractivity contribution is -0.882. The molecular weight excluding hydrogens is 424 g/mol. The molecule has 0 aliphatic heterocycles. The van der Waals surface area contributed by atoms with Gasteiger partial charge in [-0.3, -0.25) is 4.79 Å². The summed E-state index contributed by atoms with van der Waals surface area (Å²) in [6.45, 7) is 4.44. The highest BCUT2D eigenvalue weighted by Crippen LogP contribution is 2.33. The van der Waals surface area contributed by atoms with Gasteiger partial charge in [-0.1, -0.05) is 106 Å². The van der Waals surface area contributed by atoms with Gasteiger partial charge in [-0.25, -0.2) is 0 Å². The lowest BCUT2D eigenvalue weighted by Crippen LogP contribution is -2.48. The first-order valence-corrected chi connectivity index (χ1v) is 14.8. The summed E-state index contributed by atoms with van der Waals surface area (Å²) in [5.74, 6) is -0.954. The summed E-state index contributed by atoms with van der Waals surface area (Å²) in [5, 5.41) is 23.3. The van der Waals surface area contributed by atoms with Crippen LogP contribution in [0.4, 0.5) is 0 Å². The minimum atomic E-state index is -0.725. The van der Waals surface area contributed by atoms with E-state index in [4.69, 9.17) is 0 Å². The van der Waals surface area contributed by atoms with Crippen LogP contribution in [-0.4, -0.2) is 53.4 Å². The van der Waals surface area contributed by atoms with Crippen LogP contribution in [-0.2, 0) is 4.79 Å². The van der Waals surface area contributed by atoms with Gasteiger partial charge in [0.25, 0.3) is 0 Å². The minimum absolute atomic E-state index is 0.111. The van der Waals surface area contributed by atoms with E-state index >= 15 is 0 Å². The van der Waals surface area contributed by atoms with Gasteiger partial charge in [0.05, 0.1) is 21.1 Å². The van der Waals surface area contributed by atoms with Crippen molar-refractivity contribution in [3.05, 3.63) is 0 Å². The molecule has 4 nitrogen and oxygen atoms in total. The van der Waals surface area contributed by atoms with Crippen molar-refractivity contribution >= 4 is 27.8 Å². The molecule has 0 bridgehead atoms. The van der Waals surface area contributed by atoms with Crippen LogP contribution >= 0.6 is 16.8 Å². The van der Waals surface area contributed by atoms with E-state index < -0.39 is 5.85 Å². The van der Waals surface area contributed by atoms with E-state index in [9.17, 15) is 15.0 Å². The molecule has 0 saturated carbocycles. The highest BCUT2D eigenvalue weighted by molar-refractivity contribution is 7.59. The van der Waals surface area contributed by atoms with Crippen LogP contribution in [0.2, 0.25) is 0 Å². The van der Waals surface area contributed by atoms with Crippen molar-refractivity contribution in [1.82, 2.24) is 0 Å². The molecule has 184 valence electrons. The monoisotopic (exact) mass is 475 g/mol. The number of quaternary nitrogens is 1. The minimum Gasteiger partial charge on any atom is -0.827 e. The van der Waals surface area contributed by atoms with Gasteiger partial charge >= 0.3 is 0 Å². The van der Waals surface area contributed by atoms with Gasteiger partial charge in [0.1, 0.15) is 5.85 Å². The molecule has 6 heteroatoms. The molecule has 0 saturated heterocycles. The van der Waals surface area contributed by atoms with E-state index in [0.29, 0.717) is 25.5 Å². The summed E-state index contributed by atoms with van der Waals surface area (Å²) < 4.78 is 0.503. The molecule has 0 aliphatic carbocycles. The average Bonchev–Trinajstić information content (AvgIpc) is 2.69. The van der Waals surface area contributed by atoms with E-state index in [0.717, 1.165) is 25.7 Å². The van der Waals surface area contributed by atoms with E-state index in [2.05, 4.69) is 13.8 Å². The van der Waals surface area contributed by atoms with Crippen molar-refractivity contribution in [3.63, 3.8) is 0 Å². The van der Waals surface area contributed by atoms with E-state index in [-0.39, 0.29) is 25.4 Å². The van der Waals surface area contributed by atoms with Gasteiger partial charge in [0, 0.05) is 6.42 Å². The van der Waals surface area contributed by atoms with Crippen molar-refractivity contribution in [2.24, 2.45) is 0 Å². The second-order valence-electron chi connectivity index (χ2n) is 9.81. The molecular formula is C25H51NO3P2. The Kier molecular flexibility index (Phi) is 19.7. The number of rotatable bonds is 21. The van der Waals surface area contributed by atoms with Crippen LogP contribution < -0.4 is 5.11 Å². The largest absolute Gasteiger partial charge is 0.827 e. The number of aliphatic hydroxyl groups is 1. The zero-order valence-corrected chi connectivity index (χ0v) is 23.0. The predicted octanol–water partition coefficient (Wildman–Crippen LogP) is 6.26. The molecule has 0 rings (SSSR count). The fourth-order valence-electron chi connectivity index (χ4n) is 3.67. The SMILES string of the molecule is CCCCCCCCCC(=O)PC(O)C(P=C([O-])CCCCCCCCC)[N+](C)(C)C. The summed E-state index contributed by atoms with van der Waals surface area (Å²) in [5.41, 5.74) is 0.365. The van der Waals surface area contributed by atoms with Crippen molar-refractivity contribution in [3.8, 4) is 0 Å². The quantitative estimate of drug-likeness (QED) is 0.121. The average molecular weight is 476 g/mol. The summed E-state index contributed by atoms with van der Waals surface area (Å²) in [6, 6.07) is 0. The van der Waals surface area contributed by atoms with Gasteiger partial charge in [-0.05, 0) is 21.4 Å². The third kappa shape index (κ3) is 18.3. The molecule has 0 aliphatic rings. The lowest BCUT2D eigenvalue weighted by Gasteiger charge is -2.35. The fraction of sp³-hybridized carbons (Fsp3) is 0.920. The molecule has 0 amide bonds.